The zero-order chi connectivity index (χ0) is 16.5. The predicted octanol–water partition coefficient (Wildman–Crippen LogP) is 1.71. The van der Waals surface area contributed by atoms with E-state index in [0.717, 1.165) is 0 Å². The Bertz CT molecular complexity index is 641. The number of hydrogen-bond acceptors (Lipinski definition) is 5. The van der Waals surface area contributed by atoms with Crippen molar-refractivity contribution in [3.8, 4) is 0 Å². The first-order valence-corrected chi connectivity index (χ1v) is 7.12. The second-order valence-corrected chi connectivity index (χ2v) is 4.76. The van der Waals surface area contributed by atoms with Gasteiger partial charge in [-0.15, -0.1) is 0 Å². The van der Waals surface area contributed by atoms with Gasteiger partial charge in [-0.25, -0.2) is 0 Å². The van der Waals surface area contributed by atoms with E-state index >= 15 is 0 Å². The lowest BCUT2D eigenvalue weighted by molar-refractivity contribution is -0.115. The van der Waals surface area contributed by atoms with Crippen LogP contribution in [-0.4, -0.2) is 38.6 Å². The molecule has 0 radical (unpaired) electrons. The summed E-state index contributed by atoms with van der Waals surface area (Å²) < 4.78 is 9.75. The van der Waals surface area contributed by atoms with Crippen molar-refractivity contribution in [3.05, 3.63) is 48.4 Å². The van der Waals surface area contributed by atoms with Crippen LogP contribution in [0.25, 0.3) is 0 Å². The number of ether oxygens (including phenoxy) is 1. The van der Waals surface area contributed by atoms with Crippen LogP contribution < -0.4 is 16.0 Å². The van der Waals surface area contributed by atoms with E-state index in [1.807, 2.05) is 0 Å². The average Bonchev–Trinajstić information content (AvgIpc) is 3.06. The van der Waals surface area contributed by atoms with Crippen LogP contribution in [0.2, 0.25) is 0 Å². The molecule has 0 aliphatic carbocycles. The van der Waals surface area contributed by atoms with Crippen LogP contribution >= 0.6 is 0 Å². The first-order chi connectivity index (χ1) is 11.2. The van der Waals surface area contributed by atoms with Crippen molar-refractivity contribution >= 4 is 23.2 Å². The largest absolute Gasteiger partial charge is 0.472 e. The monoisotopic (exact) mass is 317 g/mol. The fourth-order valence-corrected chi connectivity index (χ4v) is 1.85. The molecule has 0 bridgehead atoms. The Hall–Kier alpha value is -2.64. The molecule has 0 unspecified atom stereocenters. The maximum absolute atomic E-state index is 11.9. The van der Waals surface area contributed by atoms with Gasteiger partial charge in [0.05, 0.1) is 25.0 Å². The Morgan fingerprint density at radius 1 is 1.17 bits per heavy atom. The summed E-state index contributed by atoms with van der Waals surface area (Å²) in [7, 11) is 1.60. The molecule has 2 amide bonds. The number of nitrogens with one attached hydrogen (secondary N) is 3. The molecule has 1 heterocycles. The number of methoxy groups -OCH3 is 1. The van der Waals surface area contributed by atoms with Crippen LogP contribution in [0.15, 0.2) is 47.3 Å². The third-order valence-corrected chi connectivity index (χ3v) is 2.96. The number of carbonyl (C=O) groups excluding carboxylic acids is 2. The molecule has 0 saturated carbocycles. The molecule has 7 nitrogen and oxygen atoms in total. The van der Waals surface area contributed by atoms with Gasteiger partial charge in [-0.1, -0.05) is 6.07 Å². The summed E-state index contributed by atoms with van der Waals surface area (Å²) in [5, 5.41) is 8.45. The molecule has 1 aromatic heterocycles. The molecular weight excluding hydrogens is 298 g/mol. The quantitative estimate of drug-likeness (QED) is 0.645. The number of hydrogen-bond donors (Lipinski definition) is 3. The summed E-state index contributed by atoms with van der Waals surface area (Å²) in [4.78, 5) is 23.7. The lowest BCUT2D eigenvalue weighted by Gasteiger charge is -2.09. The maximum atomic E-state index is 11.9. The van der Waals surface area contributed by atoms with Gasteiger partial charge in [-0.3, -0.25) is 9.59 Å². The first-order valence-electron chi connectivity index (χ1n) is 7.12. The van der Waals surface area contributed by atoms with Crippen molar-refractivity contribution in [1.29, 1.82) is 0 Å². The number of amides is 2. The molecule has 7 heteroatoms. The third-order valence-electron chi connectivity index (χ3n) is 2.96. The fraction of sp³-hybridized carbons (Fsp3) is 0.250. The lowest BCUT2D eigenvalue weighted by atomic mass is 10.2. The van der Waals surface area contributed by atoms with Gasteiger partial charge >= 0.3 is 0 Å². The number of anilines is 2. The van der Waals surface area contributed by atoms with E-state index < -0.39 is 0 Å². The van der Waals surface area contributed by atoms with Crippen molar-refractivity contribution in [2.45, 2.75) is 0 Å². The minimum atomic E-state index is -0.275. The third kappa shape index (κ3) is 5.57. The van der Waals surface area contributed by atoms with Gasteiger partial charge < -0.3 is 25.1 Å². The Morgan fingerprint density at radius 3 is 2.65 bits per heavy atom. The summed E-state index contributed by atoms with van der Waals surface area (Å²) in [6.45, 7) is 1.34. The van der Waals surface area contributed by atoms with E-state index in [-0.39, 0.29) is 18.4 Å². The molecule has 0 saturated heterocycles. The normalized spacial score (nSPS) is 10.3. The summed E-state index contributed by atoms with van der Waals surface area (Å²) in [6, 6.07) is 8.50. The number of rotatable bonds is 8. The highest BCUT2D eigenvalue weighted by Gasteiger charge is 2.08. The smallest absolute Gasteiger partial charge is 0.258 e. The number of furan rings is 1. The lowest BCUT2D eigenvalue weighted by Crippen LogP contribution is -2.30. The van der Waals surface area contributed by atoms with E-state index in [4.69, 9.17) is 9.15 Å². The molecule has 0 atom stereocenters. The highest BCUT2D eigenvalue weighted by molar-refractivity contribution is 6.04. The van der Waals surface area contributed by atoms with Crippen molar-refractivity contribution in [1.82, 2.24) is 5.32 Å². The van der Waals surface area contributed by atoms with Crippen LogP contribution in [0.1, 0.15) is 10.4 Å². The van der Waals surface area contributed by atoms with Gasteiger partial charge in [0.2, 0.25) is 5.91 Å². The van der Waals surface area contributed by atoms with Crippen molar-refractivity contribution in [2.24, 2.45) is 0 Å². The molecule has 0 aliphatic rings. The van der Waals surface area contributed by atoms with Gasteiger partial charge in [0.25, 0.3) is 5.91 Å². The van der Waals surface area contributed by atoms with Crippen molar-refractivity contribution in [2.75, 3.05) is 37.4 Å². The van der Waals surface area contributed by atoms with Gasteiger partial charge in [-0.05, 0) is 24.3 Å². The standard InChI is InChI=1S/C16H19N3O4/c1-22-8-6-17-10-15(20)18-13-3-2-4-14(9-13)19-16(21)12-5-7-23-11-12/h2-5,7,9,11,17H,6,8,10H2,1H3,(H,18,20)(H,19,21). The maximum Gasteiger partial charge on any atom is 0.258 e. The zero-order valence-electron chi connectivity index (χ0n) is 12.8. The second kappa shape index (κ2) is 8.72. The minimum Gasteiger partial charge on any atom is -0.472 e. The summed E-state index contributed by atoms with van der Waals surface area (Å²) in [5.74, 6) is -0.442. The Morgan fingerprint density at radius 2 is 1.96 bits per heavy atom. The Labute approximate surface area is 134 Å². The van der Waals surface area contributed by atoms with E-state index in [1.165, 1.54) is 12.5 Å². The van der Waals surface area contributed by atoms with Gasteiger partial charge in [0.1, 0.15) is 6.26 Å². The molecule has 2 rings (SSSR count). The molecule has 23 heavy (non-hydrogen) atoms. The second-order valence-electron chi connectivity index (χ2n) is 4.76. The molecule has 122 valence electrons. The molecule has 0 aliphatic heterocycles. The first kappa shape index (κ1) is 16.7. The molecule has 3 N–H and O–H groups in total. The SMILES string of the molecule is COCCNCC(=O)Nc1cccc(NC(=O)c2ccoc2)c1. The van der Waals surface area contributed by atoms with Crippen LogP contribution in [0.3, 0.4) is 0 Å². The minimum absolute atomic E-state index is 0.167. The zero-order valence-corrected chi connectivity index (χ0v) is 12.8. The van der Waals surface area contributed by atoms with Gasteiger partial charge in [0, 0.05) is 25.0 Å². The molecular formula is C16H19N3O4. The van der Waals surface area contributed by atoms with Gasteiger partial charge in [0.15, 0.2) is 0 Å². The van der Waals surface area contributed by atoms with Crippen LogP contribution in [0.4, 0.5) is 11.4 Å². The average molecular weight is 317 g/mol. The van der Waals surface area contributed by atoms with E-state index in [0.29, 0.717) is 30.1 Å². The van der Waals surface area contributed by atoms with Crippen LogP contribution in [0, 0.1) is 0 Å². The van der Waals surface area contributed by atoms with Crippen molar-refractivity contribution < 1.29 is 18.7 Å². The molecule has 0 fully saturated rings. The van der Waals surface area contributed by atoms with E-state index in [2.05, 4.69) is 16.0 Å². The van der Waals surface area contributed by atoms with Crippen LogP contribution in [0.5, 0.6) is 0 Å². The topological polar surface area (TPSA) is 92.6 Å². The Balaban J connectivity index is 1.87. The summed E-state index contributed by atoms with van der Waals surface area (Å²) >= 11 is 0. The van der Waals surface area contributed by atoms with Crippen molar-refractivity contribution in [3.63, 3.8) is 0 Å². The van der Waals surface area contributed by atoms with E-state index in [1.54, 1.807) is 37.4 Å². The van der Waals surface area contributed by atoms with Crippen LogP contribution in [-0.2, 0) is 9.53 Å². The molecule has 2 aromatic rings. The summed E-state index contributed by atoms with van der Waals surface area (Å²) in [5.41, 5.74) is 1.62. The highest BCUT2D eigenvalue weighted by Crippen LogP contribution is 2.16. The van der Waals surface area contributed by atoms with E-state index in [9.17, 15) is 9.59 Å². The molecule has 1 aromatic carbocycles. The number of carbonyl (C=O) groups is 2. The fourth-order valence-electron chi connectivity index (χ4n) is 1.85. The summed E-state index contributed by atoms with van der Waals surface area (Å²) in [6.07, 6.45) is 2.80. The predicted molar refractivity (Wildman–Crippen MR) is 86.5 cm³/mol. The van der Waals surface area contributed by atoms with Gasteiger partial charge in [-0.2, -0.15) is 0 Å². The Kier molecular flexibility index (Phi) is 6.34. The molecule has 0 spiro atoms. The highest BCUT2D eigenvalue weighted by atomic mass is 16.5. The number of benzene rings is 1.